The van der Waals surface area contributed by atoms with Crippen molar-refractivity contribution < 1.29 is 4.79 Å². The van der Waals surface area contributed by atoms with Gasteiger partial charge in [0.1, 0.15) is 5.82 Å². The highest BCUT2D eigenvalue weighted by molar-refractivity contribution is 14.0. The van der Waals surface area contributed by atoms with E-state index in [1.165, 1.54) is 0 Å². The molecule has 1 heterocycles. The van der Waals surface area contributed by atoms with E-state index in [1.807, 2.05) is 44.2 Å². The van der Waals surface area contributed by atoms with Crippen molar-refractivity contribution in [2.24, 2.45) is 4.99 Å². The number of nitrogens with zero attached hydrogens (tertiary/aromatic N) is 3. The molecule has 0 saturated carbocycles. The van der Waals surface area contributed by atoms with Gasteiger partial charge in [0, 0.05) is 43.8 Å². The number of carbonyl (C=O) groups is 1. The summed E-state index contributed by atoms with van der Waals surface area (Å²) in [5, 5.41) is 10.0. The number of nitrogens with one attached hydrogen (secondary N) is 3. The number of carbonyl (C=O) groups excluding carboxylic acids is 1. The summed E-state index contributed by atoms with van der Waals surface area (Å²) >= 11 is 6.10. The number of anilines is 1. The Morgan fingerprint density at radius 1 is 1.09 bits per heavy atom. The Bertz CT molecular complexity index is 1080. The number of imidazole rings is 1. The monoisotopic (exact) mass is 568 g/mol. The van der Waals surface area contributed by atoms with Crippen LogP contribution in [0.3, 0.4) is 0 Å². The van der Waals surface area contributed by atoms with Crippen molar-refractivity contribution in [1.82, 2.24) is 20.2 Å². The van der Waals surface area contributed by atoms with Crippen LogP contribution in [0.15, 0.2) is 47.5 Å². The molecule has 0 unspecified atom stereocenters. The molecule has 0 atom stereocenters. The van der Waals surface area contributed by atoms with Crippen LogP contribution in [0.2, 0.25) is 5.02 Å². The number of aliphatic imine (C=N–C) groups is 1. The van der Waals surface area contributed by atoms with Crippen molar-refractivity contribution >= 4 is 64.2 Å². The SMILES string of the molecule is CN=C(NCCCn1c(C)nc2ccccc21)NCCC(=O)Nc1cccc(Cl)c1C.I. The van der Waals surface area contributed by atoms with Crippen LogP contribution in [-0.4, -0.2) is 41.6 Å². The molecule has 3 aromatic rings. The molecule has 172 valence electrons. The molecule has 0 aliphatic heterocycles. The standard InChI is InChI=1S/C23H29ClN6O.HI/c1-16-18(24)8-6-10-19(16)29-22(31)12-14-27-23(25-3)26-13-7-15-30-17(2)28-20-9-4-5-11-21(20)30;/h4-6,8-11H,7,12-15H2,1-3H3,(H,29,31)(H2,25,26,27);1H. The number of para-hydroxylation sites is 2. The number of hydrogen-bond donors (Lipinski definition) is 3. The molecule has 7 nitrogen and oxygen atoms in total. The Balaban J connectivity index is 0.00000363. The van der Waals surface area contributed by atoms with Gasteiger partial charge in [-0.1, -0.05) is 29.8 Å². The van der Waals surface area contributed by atoms with Crippen LogP contribution in [0.5, 0.6) is 0 Å². The van der Waals surface area contributed by atoms with E-state index in [0.29, 0.717) is 23.9 Å². The van der Waals surface area contributed by atoms with Gasteiger partial charge < -0.3 is 20.5 Å². The molecule has 0 bridgehead atoms. The van der Waals surface area contributed by atoms with Gasteiger partial charge in [-0.3, -0.25) is 9.79 Å². The lowest BCUT2D eigenvalue weighted by molar-refractivity contribution is -0.116. The number of amides is 1. The molecular formula is C23H30ClIN6O. The van der Waals surface area contributed by atoms with Crippen molar-refractivity contribution in [2.45, 2.75) is 33.2 Å². The van der Waals surface area contributed by atoms with Gasteiger partial charge in [0.05, 0.1) is 11.0 Å². The molecule has 0 spiro atoms. The van der Waals surface area contributed by atoms with E-state index >= 15 is 0 Å². The highest BCUT2D eigenvalue weighted by atomic mass is 127. The minimum Gasteiger partial charge on any atom is -0.356 e. The van der Waals surface area contributed by atoms with E-state index in [4.69, 9.17) is 11.6 Å². The fraction of sp³-hybridized carbons (Fsp3) is 0.348. The molecule has 32 heavy (non-hydrogen) atoms. The molecular weight excluding hydrogens is 539 g/mol. The molecule has 9 heteroatoms. The minimum atomic E-state index is -0.0734. The molecule has 2 aromatic carbocycles. The van der Waals surface area contributed by atoms with Crippen molar-refractivity contribution in [1.29, 1.82) is 0 Å². The van der Waals surface area contributed by atoms with Gasteiger partial charge in [-0.05, 0) is 50.1 Å². The first kappa shape index (κ1) is 25.9. The topological polar surface area (TPSA) is 83.3 Å². The fourth-order valence-corrected chi connectivity index (χ4v) is 3.57. The minimum absolute atomic E-state index is 0. The van der Waals surface area contributed by atoms with E-state index in [-0.39, 0.29) is 29.9 Å². The molecule has 0 radical (unpaired) electrons. The van der Waals surface area contributed by atoms with Gasteiger partial charge in [0.2, 0.25) is 5.91 Å². The Labute approximate surface area is 211 Å². The van der Waals surface area contributed by atoms with Crippen molar-refractivity contribution in [3.63, 3.8) is 0 Å². The molecule has 0 aliphatic carbocycles. The molecule has 0 saturated heterocycles. The van der Waals surface area contributed by atoms with Gasteiger partial charge in [0.25, 0.3) is 0 Å². The molecule has 3 rings (SSSR count). The largest absolute Gasteiger partial charge is 0.356 e. The van der Waals surface area contributed by atoms with Gasteiger partial charge in [-0.25, -0.2) is 4.98 Å². The van der Waals surface area contributed by atoms with Gasteiger partial charge >= 0.3 is 0 Å². The van der Waals surface area contributed by atoms with Gasteiger partial charge in [0.15, 0.2) is 5.96 Å². The highest BCUT2D eigenvalue weighted by Crippen LogP contribution is 2.22. The Morgan fingerprint density at radius 3 is 2.62 bits per heavy atom. The summed E-state index contributed by atoms with van der Waals surface area (Å²) in [6.07, 6.45) is 1.25. The second kappa shape index (κ2) is 12.6. The average molecular weight is 569 g/mol. The third-order valence-electron chi connectivity index (χ3n) is 5.11. The number of rotatable bonds is 8. The summed E-state index contributed by atoms with van der Waals surface area (Å²) in [6.45, 7) is 6.04. The summed E-state index contributed by atoms with van der Waals surface area (Å²) in [6, 6.07) is 13.6. The Hall–Kier alpha value is -2.33. The van der Waals surface area contributed by atoms with E-state index in [2.05, 4.69) is 36.6 Å². The molecule has 3 N–H and O–H groups in total. The lowest BCUT2D eigenvalue weighted by atomic mass is 10.2. The number of hydrogen-bond acceptors (Lipinski definition) is 3. The summed E-state index contributed by atoms with van der Waals surface area (Å²) in [4.78, 5) is 21.0. The second-order valence-corrected chi connectivity index (χ2v) is 7.70. The van der Waals surface area contributed by atoms with Gasteiger partial charge in [-0.2, -0.15) is 0 Å². The van der Waals surface area contributed by atoms with Crippen LogP contribution in [0, 0.1) is 13.8 Å². The highest BCUT2D eigenvalue weighted by Gasteiger charge is 2.08. The molecule has 1 amide bonds. The van der Waals surface area contributed by atoms with Crippen molar-refractivity contribution in [3.05, 3.63) is 58.9 Å². The zero-order valence-corrected chi connectivity index (χ0v) is 21.7. The van der Waals surface area contributed by atoms with Crippen molar-refractivity contribution in [2.75, 3.05) is 25.5 Å². The molecule has 1 aromatic heterocycles. The smallest absolute Gasteiger partial charge is 0.226 e. The number of aryl methyl sites for hydroxylation is 2. The lowest BCUT2D eigenvalue weighted by Crippen LogP contribution is -2.39. The zero-order valence-electron chi connectivity index (χ0n) is 18.6. The van der Waals surface area contributed by atoms with Crippen LogP contribution < -0.4 is 16.0 Å². The third kappa shape index (κ3) is 6.83. The maximum Gasteiger partial charge on any atom is 0.226 e. The predicted octanol–water partition coefficient (Wildman–Crippen LogP) is 4.51. The predicted molar refractivity (Wildman–Crippen MR) is 143 cm³/mol. The molecule has 0 fully saturated rings. The fourth-order valence-electron chi connectivity index (χ4n) is 3.39. The quantitative estimate of drug-likeness (QED) is 0.162. The van der Waals surface area contributed by atoms with Crippen LogP contribution >= 0.6 is 35.6 Å². The van der Waals surface area contributed by atoms with E-state index in [9.17, 15) is 4.79 Å². The van der Waals surface area contributed by atoms with Crippen LogP contribution in [0.4, 0.5) is 5.69 Å². The van der Waals surface area contributed by atoms with E-state index in [1.54, 1.807) is 13.1 Å². The lowest BCUT2D eigenvalue weighted by Gasteiger charge is -2.13. The number of guanidine groups is 1. The maximum atomic E-state index is 12.2. The summed E-state index contributed by atoms with van der Waals surface area (Å²) in [7, 11) is 1.72. The maximum absolute atomic E-state index is 12.2. The average Bonchev–Trinajstić information content (AvgIpc) is 3.08. The summed E-state index contributed by atoms with van der Waals surface area (Å²) in [5.74, 6) is 1.62. The summed E-state index contributed by atoms with van der Waals surface area (Å²) < 4.78 is 2.23. The summed E-state index contributed by atoms with van der Waals surface area (Å²) in [5.41, 5.74) is 3.78. The van der Waals surface area contributed by atoms with E-state index in [0.717, 1.165) is 47.6 Å². The normalized spacial score (nSPS) is 11.2. The Morgan fingerprint density at radius 2 is 1.84 bits per heavy atom. The first-order valence-electron chi connectivity index (χ1n) is 10.4. The number of aromatic nitrogens is 2. The second-order valence-electron chi connectivity index (χ2n) is 7.29. The van der Waals surface area contributed by atoms with Crippen LogP contribution in [0.25, 0.3) is 11.0 Å². The first-order valence-corrected chi connectivity index (χ1v) is 10.8. The number of fused-ring (bicyclic) bond motifs is 1. The zero-order chi connectivity index (χ0) is 22.2. The molecule has 0 aliphatic rings. The van der Waals surface area contributed by atoms with E-state index < -0.39 is 0 Å². The number of benzene rings is 2. The van der Waals surface area contributed by atoms with Crippen LogP contribution in [-0.2, 0) is 11.3 Å². The number of halogens is 2. The van der Waals surface area contributed by atoms with Crippen molar-refractivity contribution in [3.8, 4) is 0 Å². The van der Waals surface area contributed by atoms with Crippen LogP contribution in [0.1, 0.15) is 24.2 Å². The first-order chi connectivity index (χ1) is 15.0. The Kier molecular flexibility index (Phi) is 10.2. The third-order valence-corrected chi connectivity index (χ3v) is 5.52. The van der Waals surface area contributed by atoms with Gasteiger partial charge in [-0.15, -0.1) is 24.0 Å².